The van der Waals surface area contributed by atoms with Gasteiger partial charge in [-0.1, -0.05) is 45.8 Å². The second-order valence-electron chi connectivity index (χ2n) is 8.07. The van der Waals surface area contributed by atoms with E-state index >= 15 is 0 Å². The van der Waals surface area contributed by atoms with Gasteiger partial charge in [-0.05, 0) is 48.9 Å². The fourth-order valence-electron chi connectivity index (χ4n) is 4.00. The van der Waals surface area contributed by atoms with Crippen molar-refractivity contribution in [1.29, 1.82) is 0 Å². The van der Waals surface area contributed by atoms with E-state index in [9.17, 15) is 14.7 Å². The SMILES string of the molecule is [2H]C1=C([2H])[C@]([2H])(C)[C@H](CCC2C[C@@H](O)CC(=O)O2)[C@@H]2C1=C([2H])[C@]([2H])(C([2H])([2H])[2H])C([2H])([2H])[C@@H]2OC(=O)[C@@H](C)CC. The number of rotatable bonds is 6. The summed E-state index contributed by atoms with van der Waals surface area (Å²) in [5.41, 5.74) is -0.404. The van der Waals surface area contributed by atoms with Crippen LogP contribution in [-0.2, 0) is 19.1 Å². The molecule has 1 unspecified atom stereocenters. The molecule has 162 valence electrons. The first-order chi connectivity index (χ1) is 17.7. The Kier molecular flexibility index (Phi) is 4.01. The highest BCUT2D eigenvalue weighted by Crippen LogP contribution is 2.45. The van der Waals surface area contributed by atoms with Gasteiger partial charge >= 0.3 is 11.9 Å². The number of ether oxygens (including phenoxy) is 2. The lowest BCUT2D eigenvalue weighted by Gasteiger charge is -2.43. The minimum Gasteiger partial charge on any atom is -0.462 e. The number of aliphatic hydroxyl groups is 1. The molecule has 3 rings (SSSR count). The second-order valence-corrected chi connectivity index (χ2v) is 8.07. The van der Waals surface area contributed by atoms with Crippen LogP contribution >= 0.6 is 0 Å². The highest BCUT2D eigenvalue weighted by atomic mass is 16.5. The van der Waals surface area contributed by atoms with Crippen molar-refractivity contribution < 1.29 is 37.9 Å². The topological polar surface area (TPSA) is 72.8 Å². The van der Waals surface area contributed by atoms with Gasteiger partial charge in [0.2, 0.25) is 0 Å². The number of cyclic esters (lactones) is 1. The summed E-state index contributed by atoms with van der Waals surface area (Å²) in [6, 6.07) is -2.23. The summed E-state index contributed by atoms with van der Waals surface area (Å²) >= 11 is 0. The summed E-state index contributed by atoms with van der Waals surface area (Å²) < 4.78 is 96.3. The summed E-state index contributed by atoms with van der Waals surface area (Å²) in [5, 5.41) is 9.99. The second kappa shape index (κ2) is 9.46. The van der Waals surface area contributed by atoms with Crippen molar-refractivity contribution in [2.75, 3.05) is 0 Å². The highest BCUT2D eigenvalue weighted by Gasteiger charge is 2.42. The van der Waals surface area contributed by atoms with Crippen LogP contribution in [0.5, 0.6) is 0 Å². The van der Waals surface area contributed by atoms with Crippen molar-refractivity contribution in [3.63, 3.8) is 0 Å². The van der Waals surface area contributed by atoms with E-state index in [1.165, 1.54) is 6.92 Å². The molecule has 1 aliphatic heterocycles. The molecule has 0 aromatic rings. The highest BCUT2D eigenvalue weighted by molar-refractivity contribution is 5.72. The average molecular weight is 415 g/mol. The van der Waals surface area contributed by atoms with Gasteiger partial charge in [0, 0.05) is 21.9 Å². The summed E-state index contributed by atoms with van der Waals surface area (Å²) in [5.74, 6) is -9.74. The van der Waals surface area contributed by atoms with Gasteiger partial charge < -0.3 is 14.6 Å². The lowest BCUT2D eigenvalue weighted by Crippen LogP contribution is -2.42. The number of allylic oxidation sites excluding steroid dienone is 3. The first kappa shape index (κ1) is 12.3. The van der Waals surface area contributed by atoms with Gasteiger partial charge in [0.25, 0.3) is 0 Å². The number of aliphatic hydroxyl groups excluding tert-OH is 1. The Morgan fingerprint density at radius 1 is 1.55 bits per heavy atom. The van der Waals surface area contributed by atoms with Crippen LogP contribution in [0.3, 0.4) is 0 Å². The third-order valence-electron chi connectivity index (χ3n) is 5.88. The van der Waals surface area contributed by atoms with Gasteiger partial charge in [-0.3, -0.25) is 9.59 Å². The Balaban J connectivity index is 2.23. The normalized spacial score (nSPS) is 51.2. The molecule has 1 N–H and O–H groups in total. The zero-order chi connectivity index (χ0) is 29.9. The molecular weight excluding hydrogens is 368 g/mol. The molecule has 5 nitrogen and oxygen atoms in total. The molecule has 0 aromatic carbocycles. The maximum atomic E-state index is 13.0. The third kappa shape index (κ3) is 5.30. The van der Waals surface area contributed by atoms with Crippen LogP contribution in [0.25, 0.3) is 0 Å². The first-order valence-electron chi connectivity index (χ1n) is 15.2. The van der Waals surface area contributed by atoms with E-state index in [2.05, 4.69) is 0 Å². The van der Waals surface area contributed by atoms with E-state index in [1.807, 2.05) is 0 Å². The fourth-order valence-corrected chi connectivity index (χ4v) is 4.00. The standard InChI is InChI=1S/C24H36O5/c1-5-15(3)24(27)29-21-11-14(2)10-17-7-6-16(4)20(23(17)21)9-8-19-12-18(25)13-22(26)28-19/h6-7,10,14-16,18-21,23,25H,5,8-9,11-13H2,1-4H3/t14-,15-,16-,18+,19?,20-,21-,23-/m0/s1/i2D3,6D,7D,10D,11D2,14D,16D. The van der Waals surface area contributed by atoms with E-state index in [-0.39, 0.29) is 25.7 Å². The molecule has 5 heteroatoms. The van der Waals surface area contributed by atoms with Gasteiger partial charge in [0.1, 0.15) is 12.2 Å². The molecule has 0 saturated carbocycles. The number of esters is 2. The number of hydrogen-bond acceptors (Lipinski definition) is 5. The molecule has 3 aliphatic rings. The first-order valence-corrected chi connectivity index (χ1v) is 10.2. The third-order valence-corrected chi connectivity index (χ3v) is 5.88. The summed E-state index contributed by atoms with van der Waals surface area (Å²) in [7, 11) is 0. The van der Waals surface area contributed by atoms with Crippen LogP contribution < -0.4 is 0 Å². The maximum Gasteiger partial charge on any atom is 0.308 e. The molecule has 0 bridgehead atoms. The van der Waals surface area contributed by atoms with Crippen LogP contribution in [0.15, 0.2) is 23.7 Å². The number of hydrogen-bond donors (Lipinski definition) is 1. The van der Waals surface area contributed by atoms with Gasteiger partial charge in [-0.15, -0.1) is 0 Å². The van der Waals surface area contributed by atoms with Crippen LogP contribution in [0.2, 0.25) is 0 Å². The van der Waals surface area contributed by atoms with E-state index in [0.29, 0.717) is 6.42 Å². The molecule has 0 spiro atoms. The molecule has 1 saturated heterocycles. The van der Waals surface area contributed by atoms with Crippen molar-refractivity contribution in [2.24, 2.45) is 29.5 Å². The molecule has 0 radical (unpaired) electrons. The quantitative estimate of drug-likeness (QED) is 0.660. The minimum atomic E-state index is -3.40. The number of fused-ring (bicyclic) bond motifs is 1. The molecule has 2 aliphatic carbocycles. The lowest BCUT2D eigenvalue weighted by atomic mass is 9.65. The van der Waals surface area contributed by atoms with Crippen molar-refractivity contribution in [3.8, 4) is 0 Å². The largest absolute Gasteiger partial charge is 0.462 e. The maximum absolute atomic E-state index is 13.0. The smallest absolute Gasteiger partial charge is 0.308 e. The zero-order valence-electron chi connectivity index (χ0n) is 27.1. The van der Waals surface area contributed by atoms with Gasteiger partial charge in [-0.25, -0.2) is 0 Å². The van der Waals surface area contributed by atoms with E-state index < -0.39 is 96.7 Å². The van der Waals surface area contributed by atoms with E-state index in [0.717, 1.165) is 0 Å². The monoisotopic (exact) mass is 414 g/mol. The molecule has 0 amide bonds. The Labute approximate surface area is 188 Å². The minimum absolute atomic E-state index is 0.0198. The van der Waals surface area contributed by atoms with Crippen molar-refractivity contribution in [3.05, 3.63) is 23.7 Å². The summed E-state index contributed by atoms with van der Waals surface area (Å²) in [6.45, 7) is 1.18. The fraction of sp³-hybridized carbons (Fsp3) is 0.750. The van der Waals surface area contributed by atoms with Crippen molar-refractivity contribution in [1.82, 2.24) is 0 Å². The predicted octanol–water partition coefficient (Wildman–Crippen LogP) is 4.20. The summed E-state index contributed by atoms with van der Waals surface area (Å²) in [6.07, 6.45) is -6.42. The Morgan fingerprint density at radius 2 is 2.34 bits per heavy atom. The molecule has 8 atom stereocenters. The van der Waals surface area contributed by atoms with Gasteiger partial charge in [0.15, 0.2) is 0 Å². The van der Waals surface area contributed by atoms with Gasteiger partial charge in [0.05, 0.1) is 22.6 Å². The van der Waals surface area contributed by atoms with Crippen molar-refractivity contribution >= 4 is 11.9 Å². The molecule has 1 heterocycles. The van der Waals surface area contributed by atoms with E-state index in [4.69, 9.17) is 23.2 Å². The number of carbonyl (C=O) groups is 2. The van der Waals surface area contributed by atoms with E-state index in [1.54, 1.807) is 13.8 Å². The zero-order valence-corrected chi connectivity index (χ0v) is 17.1. The lowest BCUT2D eigenvalue weighted by molar-refractivity contribution is -0.162. The predicted molar refractivity (Wildman–Crippen MR) is 111 cm³/mol. The molecule has 29 heavy (non-hydrogen) atoms. The van der Waals surface area contributed by atoms with Gasteiger partial charge in [-0.2, -0.15) is 0 Å². The Morgan fingerprint density at radius 3 is 3.03 bits per heavy atom. The average Bonchev–Trinajstić information content (AvgIpc) is 2.81. The Bertz CT molecular complexity index is 1070. The van der Waals surface area contributed by atoms with Crippen molar-refractivity contribution in [2.45, 2.75) is 84.4 Å². The molecule has 0 aromatic heterocycles. The summed E-state index contributed by atoms with van der Waals surface area (Å²) in [4.78, 5) is 24.8. The number of carbonyl (C=O) groups excluding carboxylic acids is 2. The van der Waals surface area contributed by atoms with Crippen LogP contribution in [0.1, 0.15) is 79.8 Å². The van der Waals surface area contributed by atoms with Crippen LogP contribution in [0, 0.1) is 29.5 Å². The molecule has 1 fully saturated rings. The molecular formula is C24H36O5. The van der Waals surface area contributed by atoms with Crippen LogP contribution in [0.4, 0.5) is 0 Å². The Hall–Kier alpha value is -1.62. The van der Waals surface area contributed by atoms with Crippen LogP contribution in [-0.4, -0.2) is 35.4 Å².